The van der Waals surface area contributed by atoms with Gasteiger partial charge < -0.3 is 5.32 Å². The van der Waals surface area contributed by atoms with Gasteiger partial charge in [0, 0.05) is 16.3 Å². The van der Waals surface area contributed by atoms with Gasteiger partial charge in [0.15, 0.2) is 0 Å². The van der Waals surface area contributed by atoms with E-state index in [4.69, 9.17) is 5.26 Å². The Labute approximate surface area is 110 Å². The number of nitrogens with one attached hydrogen (secondary N) is 1. The summed E-state index contributed by atoms with van der Waals surface area (Å²) in [6.07, 6.45) is 0. The monoisotopic (exact) mass is 260 g/mol. The van der Waals surface area contributed by atoms with Crippen LogP contribution < -0.4 is 5.32 Å². The van der Waals surface area contributed by atoms with Crippen LogP contribution in [0.2, 0.25) is 0 Å². The highest BCUT2D eigenvalue weighted by molar-refractivity contribution is 7.12. The molecule has 0 bridgehead atoms. The lowest BCUT2D eigenvalue weighted by molar-refractivity contribution is 0.627. The summed E-state index contributed by atoms with van der Waals surface area (Å²) < 4.78 is 13.0. The van der Waals surface area contributed by atoms with Crippen LogP contribution in [-0.4, -0.2) is 0 Å². The molecular weight excluding hydrogens is 247 g/mol. The maximum atomic E-state index is 13.0. The van der Waals surface area contributed by atoms with E-state index in [2.05, 4.69) is 25.2 Å². The summed E-state index contributed by atoms with van der Waals surface area (Å²) in [5, 5.41) is 12.1. The minimum atomic E-state index is -0.389. The zero-order valence-corrected chi connectivity index (χ0v) is 11.1. The van der Waals surface area contributed by atoms with Crippen LogP contribution in [0.4, 0.5) is 10.1 Å². The second kappa shape index (κ2) is 5.19. The lowest BCUT2D eigenvalue weighted by atomic mass is 10.2. The predicted molar refractivity (Wildman–Crippen MR) is 72.2 cm³/mol. The van der Waals surface area contributed by atoms with Crippen LogP contribution >= 0.6 is 11.3 Å². The molecule has 1 heterocycles. The number of rotatable bonds is 3. The first kappa shape index (κ1) is 12.6. The Bertz CT molecular complexity index is 591. The number of halogens is 1. The van der Waals surface area contributed by atoms with Gasteiger partial charge in [0.2, 0.25) is 0 Å². The number of nitrogens with zero attached hydrogens (tertiary/aromatic N) is 1. The van der Waals surface area contributed by atoms with Crippen LogP contribution in [-0.2, 0) is 6.54 Å². The van der Waals surface area contributed by atoms with Crippen molar-refractivity contribution in [1.82, 2.24) is 0 Å². The van der Waals surface area contributed by atoms with Crippen LogP contribution in [0.25, 0.3) is 0 Å². The van der Waals surface area contributed by atoms with Crippen molar-refractivity contribution in [3.8, 4) is 6.07 Å². The number of anilines is 1. The molecular formula is C14H13FN2S. The van der Waals surface area contributed by atoms with E-state index in [9.17, 15) is 4.39 Å². The third kappa shape index (κ3) is 2.69. The van der Waals surface area contributed by atoms with Crippen molar-refractivity contribution in [2.75, 3.05) is 5.32 Å². The second-order valence-corrected chi connectivity index (χ2v) is 5.45. The maximum absolute atomic E-state index is 13.0. The van der Waals surface area contributed by atoms with E-state index in [1.54, 1.807) is 17.4 Å². The highest BCUT2D eigenvalue weighted by atomic mass is 32.1. The first-order chi connectivity index (χ1) is 8.60. The summed E-state index contributed by atoms with van der Waals surface area (Å²) in [6, 6.07) is 8.31. The molecule has 92 valence electrons. The highest BCUT2D eigenvalue weighted by Gasteiger charge is 2.05. The van der Waals surface area contributed by atoms with Crippen molar-refractivity contribution in [3.63, 3.8) is 0 Å². The Kier molecular flexibility index (Phi) is 3.63. The van der Waals surface area contributed by atoms with Crippen molar-refractivity contribution >= 4 is 17.0 Å². The summed E-state index contributed by atoms with van der Waals surface area (Å²) in [5.41, 5.74) is 2.28. The van der Waals surface area contributed by atoms with E-state index in [0.717, 1.165) is 0 Å². The fraction of sp³-hybridized carbons (Fsp3) is 0.214. The Morgan fingerprint density at radius 3 is 2.72 bits per heavy atom. The largest absolute Gasteiger partial charge is 0.379 e. The standard InChI is InChI=1S/C14H13FN2S/c1-9-5-13(18-10(9)2)8-17-14-4-3-12(15)6-11(14)7-16/h3-6,17H,8H2,1-2H3. The van der Waals surface area contributed by atoms with E-state index in [1.165, 1.54) is 27.5 Å². The van der Waals surface area contributed by atoms with Crippen molar-refractivity contribution in [2.45, 2.75) is 20.4 Å². The normalized spacial score (nSPS) is 10.1. The molecule has 1 aromatic carbocycles. The summed E-state index contributed by atoms with van der Waals surface area (Å²) in [4.78, 5) is 2.50. The van der Waals surface area contributed by atoms with E-state index < -0.39 is 0 Å². The Balaban J connectivity index is 2.13. The molecule has 0 radical (unpaired) electrons. The van der Waals surface area contributed by atoms with Gasteiger partial charge in [-0.2, -0.15) is 5.26 Å². The zero-order valence-electron chi connectivity index (χ0n) is 10.2. The van der Waals surface area contributed by atoms with Gasteiger partial charge in [-0.25, -0.2) is 4.39 Å². The van der Waals surface area contributed by atoms with Gasteiger partial charge in [-0.1, -0.05) is 0 Å². The quantitative estimate of drug-likeness (QED) is 0.905. The summed E-state index contributed by atoms with van der Waals surface area (Å²) in [6.45, 7) is 4.82. The molecule has 0 atom stereocenters. The number of aryl methyl sites for hydroxylation is 2. The molecule has 0 aliphatic heterocycles. The molecule has 0 saturated heterocycles. The number of hydrogen-bond donors (Lipinski definition) is 1. The number of thiophene rings is 1. The SMILES string of the molecule is Cc1cc(CNc2ccc(F)cc2C#N)sc1C. The van der Waals surface area contributed by atoms with Crippen molar-refractivity contribution in [1.29, 1.82) is 5.26 Å². The van der Waals surface area contributed by atoms with E-state index in [1.807, 2.05) is 6.07 Å². The molecule has 2 nitrogen and oxygen atoms in total. The first-order valence-electron chi connectivity index (χ1n) is 5.59. The molecule has 0 saturated carbocycles. The van der Waals surface area contributed by atoms with Crippen LogP contribution in [0, 0.1) is 31.0 Å². The average Bonchev–Trinajstić information content (AvgIpc) is 2.67. The van der Waals surface area contributed by atoms with E-state index in [0.29, 0.717) is 17.8 Å². The topological polar surface area (TPSA) is 35.8 Å². The van der Waals surface area contributed by atoms with Crippen molar-refractivity contribution in [3.05, 3.63) is 51.0 Å². The molecule has 0 aliphatic carbocycles. The fourth-order valence-electron chi connectivity index (χ4n) is 1.68. The van der Waals surface area contributed by atoms with Gasteiger partial charge >= 0.3 is 0 Å². The molecule has 0 aliphatic rings. The van der Waals surface area contributed by atoms with Crippen LogP contribution in [0.1, 0.15) is 20.9 Å². The summed E-state index contributed by atoms with van der Waals surface area (Å²) in [5.74, 6) is -0.389. The van der Waals surface area contributed by atoms with Gasteiger partial charge in [0.25, 0.3) is 0 Å². The summed E-state index contributed by atoms with van der Waals surface area (Å²) >= 11 is 1.73. The Morgan fingerprint density at radius 1 is 1.33 bits per heavy atom. The predicted octanol–water partition coefficient (Wildman–Crippen LogP) is 3.99. The van der Waals surface area contributed by atoms with Crippen LogP contribution in [0.3, 0.4) is 0 Å². The number of nitriles is 1. The molecule has 4 heteroatoms. The first-order valence-corrected chi connectivity index (χ1v) is 6.41. The van der Waals surface area contributed by atoms with Gasteiger partial charge in [0.1, 0.15) is 11.9 Å². The molecule has 2 aromatic rings. The smallest absolute Gasteiger partial charge is 0.124 e. The third-order valence-electron chi connectivity index (χ3n) is 2.77. The second-order valence-electron chi connectivity index (χ2n) is 4.11. The van der Waals surface area contributed by atoms with Crippen LogP contribution in [0.15, 0.2) is 24.3 Å². The minimum absolute atomic E-state index is 0.333. The molecule has 0 amide bonds. The molecule has 0 fully saturated rings. The van der Waals surface area contributed by atoms with Gasteiger partial charge in [-0.3, -0.25) is 0 Å². The van der Waals surface area contributed by atoms with Gasteiger partial charge in [-0.15, -0.1) is 11.3 Å². The third-order valence-corrected chi connectivity index (χ3v) is 3.92. The molecule has 1 aromatic heterocycles. The lowest BCUT2D eigenvalue weighted by Gasteiger charge is -2.06. The molecule has 2 rings (SSSR count). The maximum Gasteiger partial charge on any atom is 0.124 e. The Hall–Kier alpha value is -1.86. The van der Waals surface area contributed by atoms with Crippen molar-refractivity contribution < 1.29 is 4.39 Å². The molecule has 0 unspecified atom stereocenters. The van der Waals surface area contributed by atoms with E-state index >= 15 is 0 Å². The number of hydrogen-bond acceptors (Lipinski definition) is 3. The average molecular weight is 260 g/mol. The van der Waals surface area contributed by atoms with Gasteiger partial charge in [-0.05, 0) is 43.7 Å². The Morgan fingerprint density at radius 2 is 2.11 bits per heavy atom. The number of benzene rings is 1. The van der Waals surface area contributed by atoms with Gasteiger partial charge in [0.05, 0.1) is 11.3 Å². The zero-order chi connectivity index (χ0) is 13.1. The fourth-order valence-corrected chi connectivity index (χ4v) is 2.68. The molecule has 18 heavy (non-hydrogen) atoms. The highest BCUT2D eigenvalue weighted by Crippen LogP contribution is 2.23. The lowest BCUT2D eigenvalue weighted by Crippen LogP contribution is -2.00. The minimum Gasteiger partial charge on any atom is -0.379 e. The van der Waals surface area contributed by atoms with E-state index in [-0.39, 0.29) is 5.82 Å². The summed E-state index contributed by atoms with van der Waals surface area (Å²) in [7, 11) is 0. The molecule has 1 N–H and O–H groups in total. The molecule has 0 spiro atoms. The van der Waals surface area contributed by atoms with Crippen molar-refractivity contribution in [2.24, 2.45) is 0 Å². The van der Waals surface area contributed by atoms with Crippen LogP contribution in [0.5, 0.6) is 0 Å².